The van der Waals surface area contributed by atoms with Gasteiger partial charge in [0.1, 0.15) is 0 Å². The van der Waals surface area contributed by atoms with Crippen LogP contribution in [0.2, 0.25) is 0 Å². The van der Waals surface area contributed by atoms with Gasteiger partial charge in [-0.15, -0.1) is 0 Å². The maximum Gasteiger partial charge on any atom is 0.416 e. The summed E-state index contributed by atoms with van der Waals surface area (Å²) in [5.41, 5.74) is -0.975. The number of nitrogens with zero attached hydrogens (tertiary/aromatic N) is 2. The van der Waals surface area contributed by atoms with Crippen molar-refractivity contribution >= 4 is 17.4 Å². The number of halogens is 3. The van der Waals surface area contributed by atoms with E-state index in [0.717, 1.165) is 12.1 Å². The third kappa shape index (κ3) is 3.77. The van der Waals surface area contributed by atoms with E-state index in [1.165, 1.54) is 12.1 Å². The first kappa shape index (κ1) is 18.9. The molecule has 0 saturated carbocycles. The van der Waals surface area contributed by atoms with Gasteiger partial charge in [0.15, 0.2) is 11.7 Å². The van der Waals surface area contributed by atoms with E-state index >= 15 is 0 Å². The third-order valence-electron chi connectivity index (χ3n) is 4.50. The van der Waals surface area contributed by atoms with Crippen LogP contribution in [-0.2, 0) is 11.9 Å². The van der Waals surface area contributed by atoms with Crippen LogP contribution >= 0.6 is 0 Å². The van der Waals surface area contributed by atoms with Gasteiger partial charge in [0, 0.05) is 16.8 Å². The fraction of sp³-hybridized carbons (Fsp3) is 0.0909. The predicted octanol–water partition coefficient (Wildman–Crippen LogP) is 4.82. The maximum atomic E-state index is 12.8. The van der Waals surface area contributed by atoms with Gasteiger partial charge in [0.2, 0.25) is 5.72 Å². The van der Waals surface area contributed by atoms with Crippen LogP contribution < -0.4 is 5.32 Å². The molecule has 0 aliphatic carbocycles. The highest BCUT2D eigenvalue weighted by Crippen LogP contribution is 2.33. The largest absolute Gasteiger partial charge is 0.416 e. The first-order valence-corrected chi connectivity index (χ1v) is 8.83. The number of nitrogens with one attached hydrogen (secondary N) is 1. The van der Waals surface area contributed by atoms with E-state index in [1.807, 2.05) is 36.4 Å². The molecule has 4 rings (SSSR count). The van der Waals surface area contributed by atoms with E-state index in [2.05, 4.69) is 15.3 Å². The summed E-state index contributed by atoms with van der Waals surface area (Å²) in [5, 5.41) is 14.3. The Morgan fingerprint density at radius 2 is 1.38 bits per heavy atom. The number of amidine groups is 2. The summed E-state index contributed by atoms with van der Waals surface area (Å²) in [5.74, 6) is 0.439. The number of rotatable bonds is 3. The molecule has 0 spiro atoms. The fourth-order valence-corrected chi connectivity index (χ4v) is 3.00. The van der Waals surface area contributed by atoms with E-state index in [4.69, 9.17) is 0 Å². The second-order valence-corrected chi connectivity index (χ2v) is 6.50. The summed E-state index contributed by atoms with van der Waals surface area (Å²) in [4.78, 5) is 8.86. The van der Waals surface area contributed by atoms with Crippen LogP contribution in [0.15, 0.2) is 94.9 Å². The quantitative estimate of drug-likeness (QED) is 0.668. The molecule has 2 N–H and O–H groups in total. The normalized spacial score (nSPS) is 18.9. The van der Waals surface area contributed by atoms with Crippen molar-refractivity contribution in [2.45, 2.75) is 11.9 Å². The molecule has 7 heteroatoms. The average Bonchev–Trinajstić information content (AvgIpc) is 3.07. The molecule has 3 aromatic carbocycles. The highest BCUT2D eigenvalue weighted by atomic mass is 19.4. The summed E-state index contributed by atoms with van der Waals surface area (Å²) < 4.78 is 38.4. The second kappa shape index (κ2) is 7.18. The number of benzene rings is 3. The average molecular weight is 395 g/mol. The lowest BCUT2D eigenvalue weighted by Crippen LogP contribution is -2.36. The zero-order valence-electron chi connectivity index (χ0n) is 15.1. The summed E-state index contributed by atoms with van der Waals surface area (Å²) >= 11 is 0. The van der Waals surface area contributed by atoms with E-state index in [0.29, 0.717) is 22.6 Å². The van der Waals surface area contributed by atoms with E-state index in [-0.39, 0.29) is 5.84 Å². The minimum atomic E-state index is -4.42. The smallest absolute Gasteiger partial charge is 0.359 e. The van der Waals surface area contributed by atoms with Gasteiger partial charge in [-0.1, -0.05) is 60.7 Å². The van der Waals surface area contributed by atoms with Gasteiger partial charge in [-0.3, -0.25) is 0 Å². The molecule has 1 heterocycles. The van der Waals surface area contributed by atoms with Crippen molar-refractivity contribution in [3.05, 3.63) is 102 Å². The Morgan fingerprint density at radius 3 is 1.97 bits per heavy atom. The van der Waals surface area contributed by atoms with Crippen molar-refractivity contribution in [2.75, 3.05) is 5.32 Å². The molecule has 0 saturated heterocycles. The number of aliphatic imine (C=N–C) groups is 2. The van der Waals surface area contributed by atoms with Crippen LogP contribution in [0.1, 0.15) is 16.7 Å². The molecule has 0 amide bonds. The van der Waals surface area contributed by atoms with Gasteiger partial charge in [0.05, 0.1) is 5.56 Å². The molecule has 0 radical (unpaired) electrons. The SMILES string of the molecule is OC1(c2ccccc2)N=C(c2ccccc2)N=C1Nc1ccc(C(F)(F)F)cc1. The van der Waals surface area contributed by atoms with Crippen molar-refractivity contribution in [3.63, 3.8) is 0 Å². The van der Waals surface area contributed by atoms with E-state index in [1.54, 1.807) is 24.3 Å². The molecular formula is C22H16F3N3O. The Hall–Kier alpha value is -3.45. The van der Waals surface area contributed by atoms with Crippen molar-refractivity contribution in [1.82, 2.24) is 0 Å². The highest BCUT2D eigenvalue weighted by molar-refractivity contribution is 6.17. The van der Waals surface area contributed by atoms with Crippen molar-refractivity contribution < 1.29 is 18.3 Å². The second-order valence-electron chi connectivity index (χ2n) is 6.50. The Kier molecular flexibility index (Phi) is 4.68. The first-order valence-electron chi connectivity index (χ1n) is 8.83. The van der Waals surface area contributed by atoms with Crippen LogP contribution in [0.5, 0.6) is 0 Å². The molecule has 1 atom stereocenters. The topological polar surface area (TPSA) is 57.0 Å². The molecule has 0 bridgehead atoms. The van der Waals surface area contributed by atoms with E-state index < -0.39 is 17.5 Å². The number of hydrogen-bond acceptors (Lipinski definition) is 4. The minimum absolute atomic E-state index is 0.113. The summed E-state index contributed by atoms with van der Waals surface area (Å²) in [6, 6.07) is 22.4. The zero-order valence-corrected chi connectivity index (χ0v) is 15.1. The fourth-order valence-electron chi connectivity index (χ4n) is 3.00. The van der Waals surface area contributed by atoms with Gasteiger partial charge < -0.3 is 10.4 Å². The van der Waals surface area contributed by atoms with E-state index in [9.17, 15) is 18.3 Å². The maximum absolute atomic E-state index is 12.8. The van der Waals surface area contributed by atoms with Gasteiger partial charge in [0.25, 0.3) is 0 Å². The van der Waals surface area contributed by atoms with Crippen LogP contribution in [0, 0.1) is 0 Å². The van der Waals surface area contributed by atoms with Crippen LogP contribution in [0.4, 0.5) is 18.9 Å². The van der Waals surface area contributed by atoms with Crippen molar-refractivity contribution in [1.29, 1.82) is 0 Å². The summed E-state index contributed by atoms with van der Waals surface area (Å²) in [7, 11) is 0. The Labute approximate surface area is 165 Å². The lowest BCUT2D eigenvalue weighted by molar-refractivity contribution is -0.137. The molecule has 0 aromatic heterocycles. The van der Waals surface area contributed by atoms with Gasteiger partial charge in [-0.2, -0.15) is 13.2 Å². The Balaban J connectivity index is 1.71. The zero-order chi connectivity index (χ0) is 20.5. The van der Waals surface area contributed by atoms with Gasteiger partial charge >= 0.3 is 6.18 Å². The molecule has 146 valence electrons. The third-order valence-corrected chi connectivity index (χ3v) is 4.50. The molecule has 1 aliphatic rings. The monoisotopic (exact) mass is 395 g/mol. The van der Waals surface area contributed by atoms with Crippen LogP contribution in [0.25, 0.3) is 0 Å². The summed E-state index contributed by atoms with van der Waals surface area (Å²) in [6.07, 6.45) is -4.42. The first-order chi connectivity index (χ1) is 13.9. The Bertz CT molecular complexity index is 1060. The van der Waals surface area contributed by atoms with Crippen molar-refractivity contribution in [3.8, 4) is 0 Å². The molecule has 3 aromatic rings. The highest BCUT2D eigenvalue weighted by Gasteiger charge is 2.40. The molecule has 29 heavy (non-hydrogen) atoms. The standard InChI is InChI=1S/C22H16F3N3O/c23-22(24,25)17-11-13-18(14-12-17)26-20-21(29,16-9-5-2-6-10-16)28-19(27-20)15-7-3-1-4-8-15/h1-14,29H,(H,26,27,28). The lowest BCUT2D eigenvalue weighted by atomic mass is 10.0. The van der Waals surface area contributed by atoms with Gasteiger partial charge in [-0.05, 0) is 24.3 Å². The predicted molar refractivity (Wildman–Crippen MR) is 106 cm³/mol. The molecule has 1 aliphatic heterocycles. The Morgan fingerprint density at radius 1 is 0.793 bits per heavy atom. The number of alkyl halides is 3. The van der Waals surface area contributed by atoms with Crippen LogP contribution in [-0.4, -0.2) is 16.8 Å². The summed E-state index contributed by atoms with van der Waals surface area (Å²) in [6.45, 7) is 0. The van der Waals surface area contributed by atoms with Crippen LogP contribution in [0.3, 0.4) is 0 Å². The molecule has 0 fully saturated rings. The molecule has 4 nitrogen and oxygen atoms in total. The molecular weight excluding hydrogens is 379 g/mol. The van der Waals surface area contributed by atoms with Crippen molar-refractivity contribution in [2.24, 2.45) is 9.98 Å². The number of anilines is 1. The minimum Gasteiger partial charge on any atom is -0.359 e. The molecule has 1 unspecified atom stereocenters. The number of aliphatic hydroxyl groups is 1. The van der Waals surface area contributed by atoms with Gasteiger partial charge in [-0.25, -0.2) is 9.98 Å². The number of hydrogen-bond donors (Lipinski definition) is 2. The lowest BCUT2D eigenvalue weighted by Gasteiger charge is -2.23.